The quantitative estimate of drug-likeness (QED) is 0.819. The molecule has 1 aromatic carbocycles. The molecule has 0 saturated carbocycles. The van der Waals surface area contributed by atoms with Crippen molar-refractivity contribution in [2.45, 2.75) is 44.8 Å². The van der Waals surface area contributed by atoms with Crippen molar-refractivity contribution >= 4 is 5.97 Å². The van der Waals surface area contributed by atoms with Crippen molar-refractivity contribution in [1.82, 2.24) is 5.32 Å². The summed E-state index contributed by atoms with van der Waals surface area (Å²) in [4.78, 5) is 12.0. The Hall–Kier alpha value is -1.39. The minimum absolute atomic E-state index is 0.201. The normalized spacial score (nSPS) is 19.7. The van der Waals surface area contributed by atoms with E-state index in [-0.39, 0.29) is 12.1 Å². The Morgan fingerprint density at radius 3 is 2.52 bits per heavy atom. The summed E-state index contributed by atoms with van der Waals surface area (Å²) in [6.07, 6.45) is 2.35. The number of hydrogen-bond donors (Lipinski definition) is 1. The van der Waals surface area contributed by atoms with Gasteiger partial charge in [-0.3, -0.25) is 5.32 Å². The monoisotopic (exact) mass is 291 g/mol. The van der Waals surface area contributed by atoms with E-state index in [0.717, 1.165) is 25.0 Å². The Balaban J connectivity index is 2.05. The average Bonchev–Trinajstić information content (AvgIpc) is 3.01. The second-order valence-corrected chi connectivity index (χ2v) is 5.82. The van der Waals surface area contributed by atoms with Gasteiger partial charge < -0.3 is 9.47 Å². The number of rotatable bonds is 6. The van der Waals surface area contributed by atoms with Gasteiger partial charge in [-0.15, -0.1) is 0 Å². The zero-order valence-corrected chi connectivity index (χ0v) is 13.1. The number of esters is 1. The minimum atomic E-state index is -0.430. The van der Waals surface area contributed by atoms with Crippen molar-refractivity contribution in [3.63, 3.8) is 0 Å². The molecule has 0 aromatic heterocycles. The topological polar surface area (TPSA) is 47.6 Å². The van der Waals surface area contributed by atoms with E-state index in [2.05, 4.69) is 31.3 Å². The summed E-state index contributed by atoms with van der Waals surface area (Å²) in [7, 11) is 1.42. The smallest absolute Gasteiger partial charge is 0.327 e. The summed E-state index contributed by atoms with van der Waals surface area (Å²) in [6.45, 7) is 5.80. The number of ether oxygens (including phenoxy) is 2. The molecule has 0 aliphatic carbocycles. The molecule has 1 N–H and O–H groups in total. The van der Waals surface area contributed by atoms with E-state index in [1.54, 1.807) is 0 Å². The highest BCUT2D eigenvalue weighted by Gasteiger charge is 2.24. The fourth-order valence-corrected chi connectivity index (χ4v) is 2.58. The van der Waals surface area contributed by atoms with Crippen LogP contribution in [0.1, 0.15) is 49.8 Å². The van der Waals surface area contributed by atoms with Gasteiger partial charge >= 0.3 is 5.97 Å². The van der Waals surface area contributed by atoms with E-state index in [9.17, 15) is 4.79 Å². The lowest BCUT2D eigenvalue weighted by molar-refractivity contribution is -0.143. The molecule has 1 fully saturated rings. The number of nitrogens with one attached hydrogen (secondary N) is 1. The molecule has 1 aliphatic rings. The van der Waals surface area contributed by atoms with Crippen LogP contribution >= 0.6 is 0 Å². The van der Waals surface area contributed by atoms with Crippen LogP contribution < -0.4 is 5.32 Å². The van der Waals surface area contributed by atoms with Crippen molar-refractivity contribution in [3.8, 4) is 0 Å². The zero-order chi connectivity index (χ0) is 15.2. The molecular weight excluding hydrogens is 266 g/mol. The van der Waals surface area contributed by atoms with Crippen LogP contribution in [-0.2, 0) is 14.3 Å². The van der Waals surface area contributed by atoms with Gasteiger partial charge in [0.05, 0.1) is 13.2 Å². The average molecular weight is 291 g/mol. The molecule has 1 aliphatic heterocycles. The van der Waals surface area contributed by atoms with Gasteiger partial charge in [0.1, 0.15) is 6.04 Å². The van der Waals surface area contributed by atoms with Gasteiger partial charge in [-0.2, -0.15) is 0 Å². The second-order valence-electron chi connectivity index (χ2n) is 5.82. The number of benzene rings is 1. The number of carbonyl (C=O) groups excluding carboxylic acids is 1. The Labute approximate surface area is 126 Å². The fourth-order valence-electron chi connectivity index (χ4n) is 2.58. The van der Waals surface area contributed by atoms with Crippen LogP contribution in [0, 0.1) is 0 Å². The van der Waals surface area contributed by atoms with Gasteiger partial charge in [0, 0.05) is 13.2 Å². The Bertz CT molecular complexity index is 450. The van der Waals surface area contributed by atoms with Gasteiger partial charge in [-0.25, -0.2) is 4.79 Å². The predicted molar refractivity (Wildman–Crippen MR) is 82.3 cm³/mol. The Morgan fingerprint density at radius 2 is 2.00 bits per heavy atom. The summed E-state index contributed by atoms with van der Waals surface area (Å²) in [6, 6.07) is 7.71. The molecule has 4 heteroatoms. The first kappa shape index (κ1) is 16.0. The van der Waals surface area contributed by atoms with Crippen LogP contribution in [0.5, 0.6) is 0 Å². The van der Waals surface area contributed by atoms with E-state index in [4.69, 9.17) is 9.47 Å². The van der Waals surface area contributed by atoms with E-state index < -0.39 is 6.04 Å². The Morgan fingerprint density at radius 1 is 1.33 bits per heavy atom. The summed E-state index contributed by atoms with van der Waals surface area (Å²) >= 11 is 0. The molecule has 0 amide bonds. The molecule has 2 rings (SSSR count). The highest BCUT2D eigenvalue weighted by atomic mass is 16.5. The summed E-state index contributed by atoms with van der Waals surface area (Å²) < 4.78 is 10.5. The molecule has 1 saturated heterocycles. The molecule has 0 radical (unpaired) electrons. The molecule has 2 atom stereocenters. The predicted octanol–water partition coefficient (Wildman–Crippen LogP) is 2.79. The third-order valence-corrected chi connectivity index (χ3v) is 3.95. The molecule has 1 aromatic rings. The first-order valence-electron chi connectivity index (χ1n) is 7.64. The van der Waals surface area contributed by atoms with Crippen LogP contribution in [0.4, 0.5) is 0 Å². The van der Waals surface area contributed by atoms with Gasteiger partial charge in [-0.05, 0) is 29.9 Å². The maximum absolute atomic E-state index is 12.0. The summed E-state index contributed by atoms with van der Waals surface area (Å²) in [5.74, 6) is 0.223. The van der Waals surface area contributed by atoms with Crippen LogP contribution in [0.2, 0.25) is 0 Å². The van der Waals surface area contributed by atoms with Crippen molar-refractivity contribution in [2.75, 3.05) is 20.3 Å². The molecular formula is C17H25NO3. The van der Waals surface area contributed by atoms with Crippen LogP contribution in [0.15, 0.2) is 24.3 Å². The van der Waals surface area contributed by atoms with E-state index in [1.807, 2.05) is 12.1 Å². The van der Waals surface area contributed by atoms with Crippen molar-refractivity contribution in [1.29, 1.82) is 0 Å². The molecule has 0 bridgehead atoms. The first-order valence-corrected chi connectivity index (χ1v) is 7.64. The lowest BCUT2D eigenvalue weighted by Gasteiger charge is -2.19. The first-order chi connectivity index (χ1) is 10.1. The molecule has 4 nitrogen and oxygen atoms in total. The lowest BCUT2D eigenvalue weighted by Crippen LogP contribution is -2.35. The highest BCUT2D eigenvalue weighted by Crippen LogP contribution is 2.20. The second kappa shape index (κ2) is 7.57. The molecule has 2 unspecified atom stereocenters. The lowest BCUT2D eigenvalue weighted by atomic mass is 9.99. The van der Waals surface area contributed by atoms with E-state index >= 15 is 0 Å². The summed E-state index contributed by atoms with van der Waals surface area (Å²) in [5.41, 5.74) is 2.20. The van der Waals surface area contributed by atoms with E-state index in [0.29, 0.717) is 12.5 Å². The maximum Gasteiger partial charge on any atom is 0.327 e. The summed E-state index contributed by atoms with van der Waals surface area (Å²) in [5, 5.41) is 3.28. The number of methoxy groups -OCH3 is 1. The van der Waals surface area contributed by atoms with E-state index in [1.165, 1.54) is 12.7 Å². The SMILES string of the molecule is COC(=O)C(NCC1CCCO1)c1ccc(C(C)C)cc1. The highest BCUT2D eigenvalue weighted by molar-refractivity contribution is 5.77. The fraction of sp³-hybridized carbons (Fsp3) is 0.588. The third-order valence-electron chi connectivity index (χ3n) is 3.95. The standard InChI is InChI=1S/C17H25NO3/c1-12(2)13-6-8-14(9-7-13)16(17(19)20-3)18-11-15-5-4-10-21-15/h6-9,12,15-16,18H,4-5,10-11H2,1-3H3. The van der Waals surface area contributed by atoms with Crippen LogP contribution in [0.3, 0.4) is 0 Å². The molecule has 0 spiro atoms. The van der Waals surface area contributed by atoms with Gasteiger partial charge in [0.25, 0.3) is 0 Å². The third kappa shape index (κ3) is 4.29. The maximum atomic E-state index is 12.0. The Kier molecular flexibility index (Phi) is 5.76. The zero-order valence-electron chi connectivity index (χ0n) is 13.1. The number of hydrogen-bond acceptors (Lipinski definition) is 4. The largest absolute Gasteiger partial charge is 0.468 e. The van der Waals surface area contributed by atoms with Gasteiger partial charge in [-0.1, -0.05) is 38.1 Å². The van der Waals surface area contributed by atoms with Crippen LogP contribution in [0.25, 0.3) is 0 Å². The van der Waals surface area contributed by atoms with Gasteiger partial charge in [0.15, 0.2) is 0 Å². The molecule has 116 valence electrons. The molecule has 1 heterocycles. The van der Waals surface area contributed by atoms with Gasteiger partial charge in [0.2, 0.25) is 0 Å². The molecule has 21 heavy (non-hydrogen) atoms. The minimum Gasteiger partial charge on any atom is -0.468 e. The number of carbonyl (C=O) groups is 1. The van der Waals surface area contributed by atoms with Crippen molar-refractivity contribution < 1.29 is 14.3 Å². The van der Waals surface area contributed by atoms with Crippen molar-refractivity contribution in [2.24, 2.45) is 0 Å². The van der Waals surface area contributed by atoms with Crippen LogP contribution in [-0.4, -0.2) is 32.3 Å². The van der Waals surface area contributed by atoms with Crippen molar-refractivity contribution in [3.05, 3.63) is 35.4 Å².